The summed E-state index contributed by atoms with van der Waals surface area (Å²) >= 11 is 0. The monoisotopic (exact) mass is 358 g/mol. The van der Waals surface area contributed by atoms with Crippen LogP contribution >= 0.6 is 0 Å². The quantitative estimate of drug-likeness (QED) is 0.555. The molecule has 0 fully saturated rings. The number of benzene rings is 3. The van der Waals surface area contributed by atoms with Gasteiger partial charge in [-0.25, -0.2) is 8.42 Å². The molecule has 25 heavy (non-hydrogen) atoms. The Labute approximate surface area is 144 Å². The zero-order valence-corrected chi connectivity index (χ0v) is 14.0. The number of sulfonamides is 1. The van der Waals surface area contributed by atoms with E-state index in [1.807, 2.05) is 24.3 Å². The van der Waals surface area contributed by atoms with Crippen LogP contribution in [-0.4, -0.2) is 20.5 Å². The number of fused-ring (bicyclic) bond motifs is 1. The average Bonchev–Trinajstić information content (AvgIpc) is 2.60. The molecule has 0 aliphatic heterocycles. The summed E-state index contributed by atoms with van der Waals surface area (Å²) in [7, 11) is -2.55. The highest BCUT2D eigenvalue weighted by molar-refractivity contribution is 7.92. The van der Waals surface area contributed by atoms with Crippen molar-refractivity contribution in [3.8, 4) is 5.75 Å². The number of anilines is 1. The van der Waals surface area contributed by atoms with Crippen molar-refractivity contribution in [1.29, 1.82) is 0 Å². The van der Waals surface area contributed by atoms with Gasteiger partial charge in [0.1, 0.15) is 5.75 Å². The lowest BCUT2D eigenvalue weighted by atomic mass is 10.1. The molecule has 3 rings (SSSR count). The van der Waals surface area contributed by atoms with Crippen LogP contribution in [0.3, 0.4) is 0 Å². The lowest BCUT2D eigenvalue weighted by Crippen LogP contribution is -2.13. The summed E-state index contributed by atoms with van der Waals surface area (Å²) in [6.07, 6.45) is 0. The van der Waals surface area contributed by atoms with Crippen molar-refractivity contribution in [2.24, 2.45) is 0 Å². The number of methoxy groups -OCH3 is 1. The molecule has 1 N–H and O–H groups in total. The summed E-state index contributed by atoms with van der Waals surface area (Å²) in [6.45, 7) is 0. The van der Waals surface area contributed by atoms with Gasteiger partial charge in [-0.15, -0.1) is 0 Å². The van der Waals surface area contributed by atoms with E-state index in [2.05, 4.69) is 4.72 Å². The third kappa shape index (κ3) is 3.53. The van der Waals surface area contributed by atoms with Gasteiger partial charge in [0.25, 0.3) is 15.7 Å². The molecule has 0 saturated heterocycles. The van der Waals surface area contributed by atoms with E-state index in [-0.39, 0.29) is 22.0 Å². The minimum absolute atomic E-state index is 0.0548. The first-order valence-electron chi connectivity index (χ1n) is 7.24. The maximum absolute atomic E-state index is 12.6. The maximum atomic E-state index is 12.6. The standard InChI is InChI=1S/C17H14N2O5S/c1-24-16-10-14(9-15(11-16)19(20)21)18-25(22,23)17-7-6-12-4-2-3-5-13(12)8-17/h2-11,18H,1H3. The number of nitro groups is 1. The van der Waals surface area contributed by atoms with Gasteiger partial charge in [0, 0.05) is 12.1 Å². The highest BCUT2D eigenvalue weighted by Gasteiger charge is 2.18. The fourth-order valence-corrected chi connectivity index (χ4v) is 3.49. The van der Waals surface area contributed by atoms with E-state index in [0.29, 0.717) is 0 Å². The number of nitro benzene ring substituents is 1. The van der Waals surface area contributed by atoms with Crippen molar-refractivity contribution >= 4 is 32.2 Å². The molecule has 128 valence electrons. The van der Waals surface area contributed by atoms with Gasteiger partial charge in [-0.3, -0.25) is 14.8 Å². The van der Waals surface area contributed by atoms with Crippen molar-refractivity contribution in [3.63, 3.8) is 0 Å². The molecule has 0 aliphatic rings. The SMILES string of the molecule is COc1cc(NS(=O)(=O)c2ccc3ccccc3c2)cc([N+](=O)[O-])c1. The number of hydrogen-bond acceptors (Lipinski definition) is 5. The van der Waals surface area contributed by atoms with E-state index in [1.54, 1.807) is 12.1 Å². The summed E-state index contributed by atoms with van der Waals surface area (Å²) < 4.78 is 32.5. The van der Waals surface area contributed by atoms with Crippen molar-refractivity contribution < 1.29 is 18.1 Å². The van der Waals surface area contributed by atoms with Crippen molar-refractivity contribution in [1.82, 2.24) is 0 Å². The number of hydrogen-bond donors (Lipinski definition) is 1. The van der Waals surface area contributed by atoms with Gasteiger partial charge in [0.15, 0.2) is 0 Å². The highest BCUT2D eigenvalue weighted by Crippen LogP contribution is 2.28. The second kappa shape index (κ2) is 6.40. The van der Waals surface area contributed by atoms with Crippen molar-refractivity contribution in [2.45, 2.75) is 4.90 Å². The van der Waals surface area contributed by atoms with Crippen molar-refractivity contribution in [2.75, 3.05) is 11.8 Å². The zero-order chi connectivity index (χ0) is 18.0. The van der Waals surface area contributed by atoms with E-state index < -0.39 is 14.9 Å². The van der Waals surface area contributed by atoms with Crippen LogP contribution in [-0.2, 0) is 10.0 Å². The number of non-ortho nitro benzene ring substituents is 1. The number of ether oxygens (including phenoxy) is 1. The van der Waals surface area contributed by atoms with Crippen molar-refractivity contribution in [3.05, 3.63) is 70.8 Å². The Morgan fingerprint density at radius 1 is 1.00 bits per heavy atom. The summed E-state index contributed by atoms with van der Waals surface area (Å²) in [4.78, 5) is 10.4. The van der Waals surface area contributed by atoms with Gasteiger partial charge in [-0.1, -0.05) is 30.3 Å². The topological polar surface area (TPSA) is 98.5 Å². The molecule has 0 unspecified atom stereocenters. The van der Waals surface area contributed by atoms with E-state index >= 15 is 0 Å². The van der Waals surface area contributed by atoms with Gasteiger partial charge < -0.3 is 4.74 Å². The Morgan fingerprint density at radius 2 is 1.72 bits per heavy atom. The Balaban J connectivity index is 2.00. The number of nitrogens with zero attached hydrogens (tertiary/aromatic N) is 1. The van der Waals surface area contributed by atoms with Crippen LogP contribution in [0, 0.1) is 10.1 Å². The molecular formula is C17H14N2O5S. The maximum Gasteiger partial charge on any atom is 0.275 e. The number of nitrogens with one attached hydrogen (secondary N) is 1. The smallest absolute Gasteiger partial charge is 0.275 e. The normalized spacial score (nSPS) is 11.2. The second-order valence-corrected chi connectivity index (χ2v) is 6.97. The van der Waals surface area contributed by atoms with Crippen LogP contribution in [0.2, 0.25) is 0 Å². The Hall–Kier alpha value is -3.13. The summed E-state index contributed by atoms with van der Waals surface area (Å²) in [5, 5.41) is 12.7. The first-order chi connectivity index (χ1) is 11.9. The van der Waals surface area contributed by atoms with Gasteiger partial charge in [0.2, 0.25) is 0 Å². The minimum atomic E-state index is -3.90. The van der Waals surface area contributed by atoms with Gasteiger partial charge in [0.05, 0.1) is 28.7 Å². The van der Waals surface area contributed by atoms with Crippen LogP contribution < -0.4 is 9.46 Å². The molecule has 0 bridgehead atoms. The molecule has 8 heteroatoms. The van der Waals surface area contributed by atoms with Crippen LogP contribution in [0.15, 0.2) is 65.6 Å². The molecule has 0 amide bonds. The van der Waals surface area contributed by atoms with E-state index in [1.165, 1.54) is 25.3 Å². The fourth-order valence-electron chi connectivity index (χ4n) is 2.41. The van der Waals surface area contributed by atoms with Crippen LogP contribution in [0.1, 0.15) is 0 Å². The van der Waals surface area contributed by atoms with Gasteiger partial charge in [-0.05, 0) is 22.9 Å². The summed E-state index contributed by atoms with van der Waals surface area (Å²) in [6, 6.07) is 15.8. The third-order valence-corrected chi connectivity index (χ3v) is 5.00. The van der Waals surface area contributed by atoms with Crippen LogP contribution in [0.4, 0.5) is 11.4 Å². The Morgan fingerprint density at radius 3 is 2.40 bits per heavy atom. The third-order valence-electron chi connectivity index (χ3n) is 3.62. The number of rotatable bonds is 5. The molecule has 0 aliphatic carbocycles. The Kier molecular flexibility index (Phi) is 4.28. The van der Waals surface area contributed by atoms with E-state index in [0.717, 1.165) is 16.8 Å². The molecule has 0 spiro atoms. The molecule has 7 nitrogen and oxygen atoms in total. The molecule has 3 aromatic rings. The first-order valence-corrected chi connectivity index (χ1v) is 8.72. The highest BCUT2D eigenvalue weighted by atomic mass is 32.2. The molecular weight excluding hydrogens is 344 g/mol. The summed E-state index contributed by atoms with van der Waals surface area (Å²) in [5.74, 6) is 0.186. The average molecular weight is 358 g/mol. The summed E-state index contributed by atoms with van der Waals surface area (Å²) in [5.41, 5.74) is -0.213. The predicted octanol–water partition coefficient (Wildman–Crippen LogP) is 3.56. The molecule has 0 heterocycles. The molecule has 3 aromatic carbocycles. The van der Waals surface area contributed by atoms with Gasteiger partial charge >= 0.3 is 0 Å². The predicted molar refractivity (Wildman–Crippen MR) is 94.4 cm³/mol. The lowest BCUT2D eigenvalue weighted by molar-refractivity contribution is -0.384. The van der Waals surface area contributed by atoms with Crippen LogP contribution in [0.5, 0.6) is 5.75 Å². The van der Waals surface area contributed by atoms with Gasteiger partial charge in [-0.2, -0.15) is 0 Å². The molecule has 0 saturated carbocycles. The zero-order valence-electron chi connectivity index (χ0n) is 13.2. The largest absolute Gasteiger partial charge is 0.496 e. The second-order valence-electron chi connectivity index (χ2n) is 5.29. The Bertz CT molecular complexity index is 1060. The van der Waals surface area contributed by atoms with Crippen LogP contribution in [0.25, 0.3) is 10.8 Å². The lowest BCUT2D eigenvalue weighted by Gasteiger charge is -2.10. The first kappa shape index (κ1) is 16.7. The van der Waals surface area contributed by atoms with E-state index in [9.17, 15) is 18.5 Å². The molecule has 0 radical (unpaired) electrons. The molecule has 0 atom stereocenters. The molecule has 0 aromatic heterocycles. The minimum Gasteiger partial charge on any atom is -0.496 e. The fraction of sp³-hybridized carbons (Fsp3) is 0.0588. The van der Waals surface area contributed by atoms with E-state index in [4.69, 9.17) is 4.74 Å².